The molecule has 0 bridgehead atoms. The maximum atomic E-state index is 10.8. The molecule has 0 aliphatic heterocycles. The topological polar surface area (TPSA) is 94.8 Å². The molecule has 0 amide bonds. The number of aliphatic hydroxyl groups excluding tert-OH is 1. The normalized spacial score (nSPS) is 11.6. The second kappa shape index (κ2) is 13.6. The molecule has 0 saturated carbocycles. The van der Waals surface area contributed by atoms with Gasteiger partial charge in [-0.1, -0.05) is 51.4 Å². The summed E-state index contributed by atoms with van der Waals surface area (Å²) in [6.07, 6.45) is 11.8. The van der Waals surface area contributed by atoms with E-state index in [0.29, 0.717) is 6.42 Å². The van der Waals surface area contributed by atoms with Gasteiger partial charge in [-0.05, 0) is 19.3 Å². The first kappa shape index (κ1) is 19.6. The van der Waals surface area contributed by atoms with E-state index in [9.17, 15) is 9.59 Å². The van der Waals surface area contributed by atoms with Crippen molar-refractivity contribution in [1.29, 1.82) is 0 Å². The van der Waals surface area contributed by atoms with E-state index in [1.54, 1.807) is 0 Å². The lowest BCUT2D eigenvalue weighted by atomic mass is 10.0. The molecule has 0 aromatic rings. The SMILES string of the molecule is O=C(O)/C=C(/CCCCCCCCCCCCO)C(=O)O. The number of hydrogen-bond acceptors (Lipinski definition) is 3. The number of hydrogen-bond donors (Lipinski definition) is 3. The smallest absolute Gasteiger partial charge is 0.331 e. The van der Waals surface area contributed by atoms with Crippen LogP contribution in [0.1, 0.15) is 70.6 Å². The first-order valence-electron chi connectivity index (χ1n) is 7.85. The maximum absolute atomic E-state index is 10.8. The van der Waals surface area contributed by atoms with Crippen molar-refractivity contribution in [2.75, 3.05) is 6.61 Å². The highest BCUT2D eigenvalue weighted by Gasteiger charge is 2.08. The number of rotatable bonds is 14. The van der Waals surface area contributed by atoms with Crippen LogP contribution in [0.15, 0.2) is 11.6 Å². The van der Waals surface area contributed by atoms with Crippen LogP contribution < -0.4 is 0 Å². The van der Waals surface area contributed by atoms with Crippen molar-refractivity contribution in [3.05, 3.63) is 11.6 Å². The third-order valence-corrected chi connectivity index (χ3v) is 3.43. The summed E-state index contributed by atoms with van der Waals surface area (Å²) in [4.78, 5) is 21.3. The average molecular weight is 300 g/mol. The van der Waals surface area contributed by atoms with Gasteiger partial charge in [-0.25, -0.2) is 9.59 Å². The fraction of sp³-hybridized carbons (Fsp3) is 0.750. The Balaban J connectivity index is 3.46. The molecule has 0 heterocycles. The highest BCUT2D eigenvalue weighted by Crippen LogP contribution is 2.13. The van der Waals surface area contributed by atoms with E-state index < -0.39 is 11.9 Å². The van der Waals surface area contributed by atoms with Gasteiger partial charge in [-0.3, -0.25) is 0 Å². The minimum absolute atomic E-state index is 0.0219. The predicted octanol–water partition coefficient (Wildman–Crippen LogP) is 3.37. The van der Waals surface area contributed by atoms with E-state index in [4.69, 9.17) is 15.3 Å². The molecule has 0 aliphatic rings. The first-order chi connectivity index (χ1) is 10.1. The van der Waals surface area contributed by atoms with Crippen molar-refractivity contribution in [2.45, 2.75) is 70.6 Å². The number of aliphatic hydroxyl groups is 1. The van der Waals surface area contributed by atoms with Gasteiger partial charge in [0, 0.05) is 18.3 Å². The summed E-state index contributed by atoms with van der Waals surface area (Å²) >= 11 is 0. The summed E-state index contributed by atoms with van der Waals surface area (Å²) in [7, 11) is 0. The predicted molar refractivity (Wildman–Crippen MR) is 81.2 cm³/mol. The second-order valence-corrected chi connectivity index (χ2v) is 5.32. The third-order valence-electron chi connectivity index (χ3n) is 3.43. The van der Waals surface area contributed by atoms with E-state index in [2.05, 4.69) is 0 Å². The average Bonchev–Trinajstić information content (AvgIpc) is 2.42. The van der Waals surface area contributed by atoms with Gasteiger partial charge in [0.1, 0.15) is 0 Å². The van der Waals surface area contributed by atoms with E-state index in [-0.39, 0.29) is 12.2 Å². The van der Waals surface area contributed by atoms with E-state index >= 15 is 0 Å². The summed E-state index contributed by atoms with van der Waals surface area (Å²) < 4.78 is 0. The number of carboxylic acid groups (broad SMARTS) is 2. The zero-order valence-corrected chi connectivity index (χ0v) is 12.7. The molecule has 21 heavy (non-hydrogen) atoms. The molecule has 0 unspecified atom stereocenters. The molecule has 0 atom stereocenters. The van der Waals surface area contributed by atoms with Crippen molar-refractivity contribution in [1.82, 2.24) is 0 Å². The van der Waals surface area contributed by atoms with Gasteiger partial charge >= 0.3 is 11.9 Å². The standard InChI is InChI=1S/C16H28O5/c17-12-10-8-6-4-2-1-3-5-7-9-11-14(16(20)21)13-15(18)19/h13,17H,1-12H2,(H,18,19)(H,20,21)/b14-13-. The molecule has 5 nitrogen and oxygen atoms in total. The minimum atomic E-state index is -1.20. The van der Waals surface area contributed by atoms with E-state index in [0.717, 1.165) is 44.6 Å². The molecule has 0 rings (SSSR count). The molecule has 5 heteroatoms. The van der Waals surface area contributed by atoms with Crippen LogP contribution in [0.2, 0.25) is 0 Å². The number of aliphatic carboxylic acids is 2. The van der Waals surface area contributed by atoms with Crippen LogP contribution in [0.3, 0.4) is 0 Å². The van der Waals surface area contributed by atoms with Crippen molar-refractivity contribution >= 4 is 11.9 Å². The van der Waals surface area contributed by atoms with Gasteiger partial charge < -0.3 is 15.3 Å². The molecule has 0 aliphatic carbocycles. The molecule has 0 radical (unpaired) electrons. The van der Waals surface area contributed by atoms with Gasteiger partial charge in [-0.15, -0.1) is 0 Å². The van der Waals surface area contributed by atoms with Crippen LogP contribution in [0, 0.1) is 0 Å². The van der Waals surface area contributed by atoms with Crippen molar-refractivity contribution < 1.29 is 24.9 Å². The van der Waals surface area contributed by atoms with Gasteiger partial charge in [0.2, 0.25) is 0 Å². The molecule has 0 fully saturated rings. The Morgan fingerprint density at radius 1 is 0.714 bits per heavy atom. The van der Waals surface area contributed by atoms with E-state index in [1.165, 1.54) is 25.7 Å². The maximum Gasteiger partial charge on any atom is 0.331 e. The number of carboxylic acids is 2. The number of unbranched alkanes of at least 4 members (excludes halogenated alkanes) is 9. The van der Waals surface area contributed by atoms with Crippen LogP contribution in [0.4, 0.5) is 0 Å². The van der Waals surface area contributed by atoms with Crippen LogP contribution >= 0.6 is 0 Å². The van der Waals surface area contributed by atoms with Crippen molar-refractivity contribution in [3.8, 4) is 0 Å². The third kappa shape index (κ3) is 13.4. The van der Waals surface area contributed by atoms with Crippen LogP contribution in [-0.4, -0.2) is 33.9 Å². The molecular formula is C16H28O5. The zero-order chi connectivity index (χ0) is 15.9. The highest BCUT2D eigenvalue weighted by atomic mass is 16.4. The molecule has 122 valence electrons. The van der Waals surface area contributed by atoms with Gasteiger partial charge in [0.15, 0.2) is 0 Å². The zero-order valence-electron chi connectivity index (χ0n) is 12.7. The Labute approximate surface area is 126 Å². The Morgan fingerprint density at radius 3 is 1.52 bits per heavy atom. The van der Waals surface area contributed by atoms with Crippen molar-refractivity contribution in [2.24, 2.45) is 0 Å². The quantitative estimate of drug-likeness (QED) is 0.338. The Hall–Kier alpha value is -1.36. The molecule has 0 aromatic carbocycles. The largest absolute Gasteiger partial charge is 0.478 e. The van der Waals surface area contributed by atoms with Gasteiger partial charge in [0.25, 0.3) is 0 Å². The summed E-state index contributed by atoms with van der Waals surface area (Å²) in [5.74, 6) is -2.34. The Bertz CT molecular complexity index is 323. The van der Waals surface area contributed by atoms with Crippen LogP contribution in [0.5, 0.6) is 0 Å². The summed E-state index contributed by atoms with van der Waals surface area (Å²) in [6, 6.07) is 0. The van der Waals surface area contributed by atoms with Gasteiger partial charge in [-0.2, -0.15) is 0 Å². The van der Waals surface area contributed by atoms with E-state index in [1.807, 2.05) is 0 Å². The van der Waals surface area contributed by atoms with Crippen LogP contribution in [-0.2, 0) is 9.59 Å². The second-order valence-electron chi connectivity index (χ2n) is 5.32. The first-order valence-corrected chi connectivity index (χ1v) is 7.85. The van der Waals surface area contributed by atoms with Crippen molar-refractivity contribution in [3.63, 3.8) is 0 Å². The Morgan fingerprint density at radius 2 is 1.14 bits per heavy atom. The molecule has 3 N–H and O–H groups in total. The monoisotopic (exact) mass is 300 g/mol. The molecule has 0 aromatic heterocycles. The summed E-state index contributed by atoms with van der Waals surface area (Å²) in [6.45, 7) is 0.286. The van der Waals surface area contributed by atoms with Gasteiger partial charge in [0.05, 0.1) is 0 Å². The molecule has 0 saturated heterocycles. The number of carbonyl (C=O) groups is 2. The fourth-order valence-electron chi connectivity index (χ4n) is 2.23. The highest BCUT2D eigenvalue weighted by molar-refractivity contribution is 5.94. The molecular weight excluding hydrogens is 272 g/mol. The minimum Gasteiger partial charge on any atom is -0.478 e. The van der Waals surface area contributed by atoms with Crippen LogP contribution in [0.25, 0.3) is 0 Å². The Kier molecular flexibility index (Phi) is 12.7. The fourth-order valence-corrected chi connectivity index (χ4v) is 2.23. The summed E-state index contributed by atoms with van der Waals surface area (Å²) in [5.41, 5.74) is -0.0219. The lowest BCUT2D eigenvalue weighted by Crippen LogP contribution is -2.04. The molecule has 0 spiro atoms. The lowest BCUT2D eigenvalue weighted by Gasteiger charge is -2.03. The summed E-state index contributed by atoms with van der Waals surface area (Å²) in [5, 5.41) is 26.0. The lowest BCUT2D eigenvalue weighted by molar-refractivity contribution is -0.135.